The second kappa shape index (κ2) is 9.10. The number of primary sulfonamides is 1. The molecular formula is C23H18N2O6S2. The molecule has 2 N–H and O–H groups in total. The number of aromatic nitrogens is 1. The number of benzene rings is 2. The van der Waals surface area contributed by atoms with E-state index in [1.54, 1.807) is 6.07 Å². The van der Waals surface area contributed by atoms with Crippen LogP contribution in [0.1, 0.15) is 26.4 Å². The first-order valence-electron chi connectivity index (χ1n) is 9.63. The molecule has 0 amide bonds. The lowest BCUT2D eigenvalue weighted by Gasteiger charge is -2.16. The number of ether oxygens (including phenoxy) is 2. The minimum Gasteiger partial charge on any atom is -0.465 e. The topological polar surface area (TPSA) is 126 Å². The van der Waals surface area contributed by atoms with Crippen molar-refractivity contribution in [3.63, 3.8) is 0 Å². The number of nitrogens with two attached hydrogens (primary N) is 1. The summed E-state index contributed by atoms with van der Waals surface area (Å²) in [7, 11) is -2.66. The molecule has 0 atom stereocenters. The number of para-hydroxylation sites is 1. The summed E-state index contributed by atoms with van der Waals surface area (Å²) in [6.45, 7) is -0.325. The van der Waals surface area contributed by atoms with Crippen LogP contribution in [0.5, 0.6) is 0 Å². The molecule has 0 radical (unpaired) electrons. The van der Waals surface area contributed by atoms with Crippen molar-refractivity contribution in [2.24, 2.45) is 5.14 Å². The fourth-order valence-corrected chi connectivity index (χ4v) is 4.96. The number of pyridine rings is 1. The average Bonchev–Trinajstić information content (AvgIpc) is 3.33. The highest BCUT2D eigenvalue weighted by Gasteiger charge is 2.24. The van der Waals surface area contributed by atoms with Crippen molar-refractivity contribution in [2.75, 3.05) is 7.11 Å². The van der Waals surface area contributed by atoms with Gasteiger partial charge in [0.15, 0.2) is 0 Å². The Balaban J connectivity index is 1.78. The summed E-state index contributed by atoms with van der Waals surface area (Å²) >= 11 is 0.816. The van der Waals surface area contributed by atoms with E-state index in [1.165, 1.54) is 12.5 Å². The summed E-state index contributed by atoms with van der Waals surface area (Å²) in [5, 5.41) is 7.18. The van der Waals surface area contributed by atoms with E-state index in [0.29, 0.717) is 11.1 Å². The molecule has 4 rings (SSSR count). The molecule has 0 unspecified atom stereocenters. The molecule has 0 spiro atoms. The van der Waals surface area contributed by atoms with Gasteiger partial charge in [0, 0.05) is 16.3 Å². The zero-order valence-electron chi connectivity index (χ0n) is 17.3. The number of esters is 2. The molecule has 2 aromatic carbocycles. The fraction of sp³-hybridized carbons (Fsp3) is 0.0870. The maximum Gasteiger partial charge on any atom is 0.340 e. The smallest absolute Gasteiger partial charge is 0.340 e. The zero-order valence-corrected chi connectivity index (χ0v) is 19.0. The number of nitrogens with zero attached hydrogens (tertiary/aromatic N) is 1. The average molecular weight is 483 g/mol. The molecule has 0 saturated heterocycles. The quantitative estimate of drug-likeness (QED) is 0.415. The second-order valence-electron chi connectivity index (χ2n) is 6.96. The number of carbonyl (C=O) groups is 2. The molecule has 0 saturated carbocycles. The lowest BCUT2D eigenvalue weighted by Crippen LogP contribution is -2.14. The summed E-state index contributed by atoms with van der Waals surface area (Å²) < 4.78 is 33.2. The van der Waals surface area contributed by atoms with E-state index in [0.717, 1.165) is 28.4 Å². The van der Waals surface area contributed by atoms with Crippen molar-refractivity contribution >= 4 is 44.2 Å². The number of sulfonamides is 1. The molecule has 0 aliphatic heterocycles. The highest BCUT2D eigenvalue weighted by Crippen LogP contribution is 2.34. The molecule has 8 nitrogen and oxygen atoms in total. The Hall–Kier alpha value is -3.60. The van der Waals surface area contributed by atoms with E-state index < -0.39 is 22.0 Å². The monoisotopic (exact) mass is 482 g/mol. The number of thiophene rings is 1. The number of hydrogen-bond donors (Lipinski definition) is 1. The first kappa shape index (κ1) is 22.6. The van der Waals surface area contributed by atoms with Gasteiger partial charge < -0.3 is 9.47 Å². The van der Waals surface area contributed by atoms with Gasteiger partial charge in [-0.05, 0) is 17.7 Å². The first-order valence-corrected chi connectivity index (χ1v) is 12.1. The van der Waals surface area contributed by atoms with E-state index in [2.05, 4.69) is 4.98 Å². The molecule has 2 heterocycles. The molecule has 33 heavy (non-hydrogen) atoms. The number of fused-ring (bicyclic) bond motifs is 1. The fourth-order valence-electron chi connectivity index (χ4n) is 3.38. The number of methoxy groups -OCH3 is 1. The van der Waals surface area contributed by atoms with E-state index in [-0.39, 0.29) is 27.6 Å². The van der Waals surface area contributed by atoms with Crippen molar-refractivity contribution in [1.82, 2.24) is 4.98 Å². The van der Waals surface area contributed by atoms with Crippen molar-refractivity contribution in [3.8, 4) is 11.1 Å². The predicted molar refractivity (Wildman–Crippen MR) is 123 cm³/mol. The summed E-state index contributed by atoms with van der Waals surface area (Å²) in [5.74, 6) is -1.39. The summed E-state index contributed by atoms with van der Waals surface area (Å²) in [6.07, 6.45) is 0. The van der Waals surface area contributed by atoms with Crippen LogP contribution in [0.4, 0.5) is 0 Å². The number of hydrogen-bond acceptors (Lipinski definition) is 8. The van der Waals surface area contributed by atoms with Gasteiger partial charge in [0.05, 0.1) is 29.4 Å². The minimum absolute atomic E-state index is 0.0349. The van der Waals surface area contributed by atoms with E-state index >= 15 is 0 Å². The van der Waals surface area contributed by atoms with Crippen LogP contribution in [0.3, 0.4) is 0 Å². The minimum atomic E-state index is -3.93. The third-order valence-corrected chi connectivity index (χ3v) is 7.24. The van der Waals surface area contributed by atoms with Crippen molar-refractivity contribution in [3.05, 3.63) is 82.9 Å². The third-order valence-electron chi connectivity index (χ3n) is 4.85. The number of carbonyl (C=O) groups excluding carboxylic acids is 2. The van der Waals surface area contributed by atoms with Gasteiger partial charge >= 0.3 is 11.9 Å². The highest BCUT2D eigenvalue weighted by atomic mass is 32.2. The summed E-state index contributed by atoms with van der Waals surface area (Å²) in [4.78, 5) is 29.9. The Morgan fingerprint density at radius 1 is 1.03 bits per heavy atom. The molecular weight excluding hydrogens is 464 g/mol. The van der Waals surface area contributed by atoms with Gasteiger partial charge in [-0.3, -0.25) is 0 Å². The van der Waals surface area contributed by atoms with Crippen molar-refractivity contribution in [1.29, 1.82) is 0 Å². The van der Waals surface area contributed by atoms with E-state index in [1.807, 2.05) is 48.5 Å². The van der Waals surface area contributed by atoms with Crippen LogP contribution in [-0.2, 0) is 26.1 Å². The van der Waals surface area contributed by atoms with Crippen LogP contribution >= 0.6 is 11.3 Å². The molecule has 4 aromatic rings. The van der Waals surface area contributed by atoms with Crippen molar-refractivity contribution < 1.29 is 27.5 Å². The molecule has 0 bridgehead atoms. The van der Waals surface area contributed by atoms with Gasteiger partial charge in [0.1, 0.15) is 10.8 Å². The SMILES string of the molecule is COC(=O)c1c(COC(=O)c2csc(S(N)(=O)=O)c2)nc2ccccc2c1-c1ccccc1. The van der Waals surface area contributed by atoms with Gasteiger partial charge in [-0.15, -0.1) is 11.3 Å². The van der Waals surface area contributed by atoms with E-state index in [9.17, 15) is 18.0 Å². The zero-order chi connectivity index (χ0) is 23.6. The van der Waals surface area contributed by atoms with Gasteiger partial charge in [-0.1, -0.05) is 48.5 Å². The highest BCUT2D eigenvalue weighted by molar-refractivity contribution is 7.91. The summed E-state index contributed by atoms with van der Waals surface area (Å²) in [6, 6.07) is 17.8. The number of rotatable bonds is 6. The maximum atomic E-state index is 12.8. The standard InChI is InChI=1S/C23H18N2O6S2/c1-30-23(27)21-18(12-31-22(26)15-11-19(32-13-15)33(24,28)29)25-17-10-6-5-9-16(17)20(21)14-7-3-2-4-8-14/h2-11,13H,12H2,1H3,(H2,24,28,29). The van der Waals surface area contributed by atoms with Crippen LogP contribution in [0.25, 0.3) is 22.0 Å². The van der Waals surface area contributed by atoms with E-state index in [4.69, 9.17) is 14.6 Å². The van der Waals surface area contributed by atoms with Gasteiger partial charge in [-0.25, -0.2) is 28.1 Å². The van der Waals surface area contributed by atoms with Crippen LogP contribution in [0.15, 0.2) is 70.3 Å². The van der Waals surface area contributed by atoms with Crippen LogP contribution in [0, 0.1) is 0 Å². The van der Waals surface area contributed by atoms with Crippen LogP contribution in [0.2, 0.25) is 0 Å². The third kappa shape index (κ3) is 4.63. The Kier molecular flexibility index (Phi) is 6.23. The van der Waals surface area contributed by atoms with Crippen LogP contribution < -0.4 is 5.14 Å². The Morgan fingerprint density at radius 2 is 1.73 bits per heavy atom. The normalized spacial score (nSPS) is 11.3. The molecule has 168 valence electrons. The molecule has 2 aromatic heterocycles. The first-order chi connectivity index (χ1) is 15.8. The lowest BCUT2D eigenvalue weighted by molar-refractivity contribution is 0.0456. The molecule has 0 fully saturated rings. The van der Waals surface area contributed by atoms with Gasteiger partial charge in [-0.2, -0.15) is 0 Å². The van der Waals surface area contributed by atoms with Crippen LogP contribution in [-0.4, -0.2) is 32.5 Å². The largest absolute Gasteiger partial charge is 0.465 e. The molecule has 0 aliphatic rings. The lowest BCUT2D eigenvalue weighted by atomic mass is 9.94. The van der Waals surface area contributed by atoms with Crippen molar-refractivity contribution in [2.45, 2.75) is 10.8 Å². The Morgan fingerprint density at radius 3 is 2.39 bits per heavy atom. The second-order valence-corrected chi connectivity index (χ2v) is 9.66. The Labute approximate surface area is 193 Å². The maximum absolute atomic E-state index is 12.8. The molecule has 10 heteroatoms. The summed E-state index contributed by atoms with van der Waals surface area (Å²) in [5.41, 5.74) is 2.45. The Bertz CT molecular complexity index is 1460. The predicted octanol–water partition coefficient (Wildman–Crippen LogP) is 3.75. The van der Waals surface area contributed by atoms with Gasteiger partial charge in [0.2, 0.25) is 10.0 Å². The molecule has 0 aliphatic carbocycles. The van der Waals surface area contributed by atoms with Gasteiger partial charge in [0.25, 0.3) is 0 Å².